The van der Waals surface area contributed by atoms with Gasteiger partial charge in [-0.15, -0.1) is 0 Å². The van der Waals surface area contributed by atoms with Crippen LogP contribution in [0.25, 0.3) is 159 Å². The van der Waals surface area contributed by atoms with Crippen molar-refractivity contribution in [3.8, 4) is 39.9 Å². The molecule has 79 heavy (non-hydrogen) atoms. The Morgan fingerprint density at radius 3 is 0.835 bits per heavy atom. The summed E-state index contributed by atoms with van der Waals surface area (Å²) in [4.78, 5) is 0. The van der Waals surface area contributed by atoms with Gasteiger partial charge in [0.2, 0.25) is 0 Å². The van der Waals surface area contributed by atoms with Crippen LogP contribution < -0.4 is 0 Å². The Hall–Kier alpha value is -10.9. The first-order valence-electron chi connectivity index (χ1n) is 27.0. The fourth-order valence-electron chi connectivity index (χ4n) is 14.2. The van der Waals surface area contributed by atoms with E-state index in [4.69, 9.17) is 0 Å². The summed E-state index contributed by atoms with van der Waals surface area (Å²) in [7, 11) is 0. The molecule has 6 nitrogen and oxygen atoms in total. The van der Waals surface area contributed by atoms with E-state index in [1.807, 2.05) is 0 Å². The Kier molecular flexibility index (Phi) is 8.37. The number of aromatic nitrogens is 5. The molecule has 0 fully saturated rings. The van der Waals surface area contributed by atoms with Gasteiger partial charge in [-0.2, -0.15) is 5.26 Å². The normalized spacial score (nSPS) is 12.3. The largest absolute Gasteiger partial charge is 0.308 e. The molecule has 0 radical (unpaired) electrons. The molecule has 0 aliphatic carbocycles. The third kappa shape index (κ3) is 5.42. The molecule has 18 aromatic rings. The lowest BCUT2D eigenvalue weighted by atomic mass is 9.92. The summed E-state index contributed by atoms with van der Waals surface area (Å²) < 4.78 is 12.3. The predicted octanol–water partition coefficient (Wildman–Crippen LogP) is 18.8. The molecule has 6 heteroatoms. The van der Waals surface area contributed by atoms with Crippen LogP contribution >= 0.6 is 0 Å². The van der Waals surface area contributed by atoms with Crippen molar-refractivity contribution in [2.75, 3.05) is 0 Å². The zero-order valence-electron chi connectivity index (χ0n) is 42.4. The lowest BCUT2D eigenvalue weighted by molar-refractivity contribution is 1.04. The molecule has 0 N–H and O–H groups in total. The first-order valence-corrected chi connectivity index (χ1v) is 27.0. The van der Waals surface area contributed by atoms with Crippen LogP contribution in [0.15, 0.2) is 255 Å². The van der Waals surface area contributed by atoms with Crippen LogP contribution in [0.3, 0.4) is 0 Å². The molecule has 0 atom stereocenters. The van der Waals surface area contributed by atoms with Crippen LogP contribution in [-0.4, -0.2) is 22.7 Å². The Morgan fingerprint density at radius 1 is 0.241 bits per heavy atom. The van der Waals surface area contributed by atoms with Crippen molar-refractivity contribution in [2.24, 2.45) is 0 Å². The first kappa shape index (κ1) is 42.4. The summed E-state index contributed by atoms with van der Waals surface area (Å²) >= 11 is 0. The van der Waals surface area contributed by atoms with Gasteiger partial charge in [0, 0.05) is 70.2 Å². The van der Waals surface area contributed by atoms with Crippen molar-refractivity contribution >= 4 is 125 Å². The van der Waals surface area contributed by atoms with Gasteiger partial charge in [0.05, 0.1) is 83.4 Å². The molecule has 0 saturated heterocycles. The number of nitrogens with zero attached hydrogens (tertiary/aromatic N) is 6. The maximum Gasteiger partial charge on any atom is 0.104 e. The minimum absolute atomic E-state index is 0.544. The molecule has 0 aliphatic heterocycles. The standard InChI is InChI=1S/C73H42N6/c74-43-57-70(75-58-31-10-1-20-45(58)46-21-2-11-32-59(46)75)72(77-62-35-14-5-24-49(62)50-25-6-15-36-63(50)77)68(44-40-41-54-56-30-19-29-55-53-28-9-18-39-66(53)79(69(55)56)67(54)42-44)73(78-64-37-16-7-26-51(64)52-27-8-17-38-65(52)78)71(57)76-60-33-12-3-22-47(60)48-23-4-13-34-61(48)76/h1-42H. The topological polar surface area (TPSA) is 47.9 Å². The molecule has 0 spiro atoms. The number of para-hydroxylation sites is 10. The zero-order chi connectivity index (χ0) is 51.6. The second-order valence-corrected chi connectivity index (χ2v) is 21.0. The average Bonchev–Trinajstić information content (AvgIpc) is 4.38. The molecule has 0 aliphatic rings. The molecular formula is C73H42N6. The van der Waals surface area contributed by atoms with Crippen molar-refractivity contribution in [1.82, 2.24) is 22.7 Å². The molecule has 0 unspecified atom stereocenters. The zero-order valence-corrected chi connectivity index (χ0v) is 42.4. The summed E-state index contributed by atoms with van der Waals surface area (Å²) in [5.74, 6) is 0. The smallest absolute Gasteiger partial charge is 0.104 e. The van der Waals surface area contributed by atoms with Crippen LogP contribution in [0.5, 0.6) is 0 Å². The Bertz CT molecular complexity index is 5240. The van der Waals surface area contributed by atoms with Crippen molar-refractivity contribution < 1.29 is 0 Å². The molecule has 6 aromatic heterocycles. The molecule has 0 bridgehead atoms. The number of benzene rings is 12. The maximum atomic E-state index is 12.9. The number of fused-ring (bicyclic) bond motifs is 18. The summed E-state index contributed by atoms with van der Waals surface area (Å²) in [5, 5.41) is 26.8. The van der Waals surface area contributed by atoms with Gasteiger partial charge in [0.1, 0.15) is 11.6 Å². The molecule has 0 amide bonds. The molecular weight excluding hydrogens is 961 g/mol. The second kappa shape index (κ2) is 15.6. The van der Waals surface area contributed by atoms with Gasteiger partial charge in [-0.1, -0.05) is 194 Å². The van der Waals surface area contributed by atoms with Gasteiger partial charge < -0.3 is 22.7 Å². The molecule has 12 aromatic carbocycles. The van der Waals surface area contributed by atoms with Crippen LogP contribution in [-0.2, 0) is 0 Å². The summed E-state index contributed by atoms with van der Waals surface area (Å²) in [5.41, 5.74) is 17.6. The lowest BCUT2D eigenvalue weighted by Gasteiger charge is -2.29. The SMILES string of the molecule is N#Cc1c(-n2c3ccccc3c3ccccc32)c(-n2c3ccccc3c3ccccc32)c(-c2ccc3c4cccc5c6ccccc6n(c3c2)c54)c(-n2c3ccccc3c3ccccc32)c1-n1c2ccccc2c2ccccc21. The van der Waals surface area contributed by atoms with Crippen LogP contribution in [0.1, 0.15) is 5.56 Å². The lowest BCUT2D eigenvalue weighted by Crippen LogP contribution is -2.16. The van der Waals surface area contributed by atoms with E-state index in [1.54, 1.807) is 0 Å². The number of nitriles is 1. The van der Waals surface area contributed by atoms with E-state index in [-0.39, 0.29) is 0 Å². The number of hydrogen-bond acceptors (Lipinski definition) is 1. The van der Waals surface area contributed by atoms with Crippen molar-refractivity contribution in [2.45, 2.75) is 0 Å². The van der Waals surface area contributed by atoms with Crippen LogP contribution in [0.4, 0.5) is 0 Å². The van der Waals surface area contributed by atoms with E-state index in [1.165, 1.54) is 32.6 Å². The summed E-state index contributed by atoms with van der Waals surface area (Å²) in [6.45, 7) is 0. The van der Waals surface area contributed by atoms with Crippen LogP contribution in [0.2, 0.25) is 0 Å². The van der Waals surface area contributed by atoms with Gasteiger partial charge in [-0.3, -0.25) is 0 Å². The van der Waals surface area contributed by atoms with E-state index in [2.05, 4.69) is 284 Å². The minimum atomic E-state index is 0.544. The van der Waals surface area contributed by atoms with Crippen molar-refractivity contribution in [3.63, 3.8) is 0 Å². The molecule has 18 rings (SSSR count). The highest BCUT2D eigenvalue weighted by atomic mass is 15.1. The minimum Gasteiger partial charge on any atom is -0.308 e. The quantitative estimate of drug-likeness (QED) is 0.169. The Balaban J connectivity index is 1.19. The summed E-state index contributed by atoms with van der Waals surface area (Å²) in [6, 6.07) is 95.8. The van der Waals surface area contributed by atoms with E-state index in [9.17, 15) is 5.26 Å². The van der Waals surface area contributed by atoms with E-state index >= 15 is 0 Å². The average molecular weight is 1000 g/mol. The monoisotopic (exact) mass is 1000 g/mol. The third-order valence-electron chi connectivity index (χ3n) is 17.2. The molecule has 364 valence electrons. The Labute approximate surface area is 451 Å². The highest BCUT2D eigenvalue weighted by Gasteiger charge is 2.35. The fraction of sp³-hybridized carbons (Fsp3) is 0. The number of rotatable bonds is 5. The van der Waals surface area contributed by atoms with E-state index in [0.717, 1.165) is 127 Å². The third-order valence-corrected chi connectivity index (χ3v) is 17.2. The fourth-order valence-corrected chi connectivity index (χ4v) is 14.2. The number of hydrogen-bond donors (Lipinski definition) is 0. The van der Waals surface area contributed by atoms with E-state index in [0.29, 0.717) is 5.56 Å². The van der Waals surface area contributed by atoms with Crippen molar-refractivity contribution in [3.05, 3.63) is 260 Å². The van der Waals surface area contributed by atoms with Crippen LogP contribution in [0, 0.1) is 11.3 Å². The maximum absolute atomic E-state index is 12.9. The predicted molar refractivity (Wildman–Crippen MR) is 329 cm³/mol. The van der Waals surface area contributed by atoms with Gasteiger partial charge in [-0.05, 0) is 66.2 Å². The highest BCUT2D eigenvalue weighted by Crippen LogP contribution is 2.53. The highest BCUT2D eigenvalue weighted by molar-refractivity contribution is 6.24. The van der Waals surface area contributed by atoms with Gasteiger partial charge in [0.15, 0.2) is 0 Å². The first-order chi connectivity index (χ1) is 39.2. The van der Waals surface area contributed by atoms with Crippen molar-refractivity contribution in [1.29, 1.82) is 5.26 Å². The summed E-state index contributed by atoms with van der Waals surface area (Å²) in [6.07, 6.45) is 0. The van der Waals surface area contributed by atoms with Gasteiger partial charge in [0.25, 0.3) is 0 Å². The Morgan fingerprint density at radius 2 is 0.506 bits per heavy atom. The molecule has 0 saturated carbocycles. The molecule has 6 heterocycles. The van der Waals surface area contributed by atoms with Gasteiger partial charge in [-0.25, -0.2) is 0 Å². The van der Waals surface area contributed by atoms with Gasteiger partial charge >= 0.3 is 0 Å². The van der Waals surface area contributed by atoms with E-state index < -0.39 is 0 Å². The second-order valence-electron chi connectivity index (χ2n) is 21.0.